The van der Waals surface area contributed by atoms with E-state index in [1.165, 1.54) is 0 Å². The monoisotopic (exact) mass is 227 g/mol. The van der Waals surface area contributed by atoms with Crippen LogP contribution in [0.25, 0.3) is 0 Å². The first kappa shape index (κ1) is 13.3. The van der Waals surface area contributed by atoms with Gasteiger partial charge in [-0.25, -0.2) is 0 Å². The molecule has 16 heavy (non-hydrogen) atoms. The maximum absolute atomic E-state index is 5.71. The van der Waals surface area contributed by atoms with Crippen LogP contribution in [0, 0.1) is 0 Å². The first-order valence-electron chi connectivity index (χ1n) is 6.36. The van der Waals surface area contributed by atoms with Crippen molar-refractivity contribution in [2.45, 2.75) is 45.6 Å². The second-order valence-corrected chi connectivity index (χ2v) is 4.52. The number of rotatable bonds is 5. The van der Waals surface area contributed by atoms with Gasteiger partial charge in [0.1, 0.15) is 0 Å². The van der Waals surface area contributed by atoms with E-state index in [9.17, 15) is 0 Å². The van der Waals surface area contributed by atoms with Gasteiger partial charge >= 0.3 is 0 Å². The van der Waals surface area contributed by atoms with Crippen molar-refractivity contribution >= 4 is 5.96 Å². The second kappa shape index (κ2) is 6.74. The van der Waals surface area contributed by atoms with Gasteiger partial charge in [-0.2, -0.15) is 0 Å². The summed E-state index contributed by atoms with van der Waals surface area (Å²) in [7, 11) is 0. The van der Waals surface area contributed by atoms with Crippen LogP contribution in [0.5, 0.6) is 0 Å². The highest BCUT2D eigenvalue weighted by Crippen LogP contribution is 2.24. The van der Waals surface area contributed by atoms with Gasteiger partial charge < -0.3 is 15.4 Å². The Hall–Kier alpha value is -0.770. The van der Waals surface area contributed by atoms with Gasteiger partial charge in [-0.15, -0.1) is 0 Å². The molecule has 94 valence electrons. The van der Waals surface area contributed by atoms with Crippen molar-refractivity contribution in [3.8, 4) is 0 Å². The van der Waals surface area contributed by atoms with Crippen LogP contribution in [0.3, 0.4) is 0 Å². The summed E-state index contributed by atoms with van der Waals surface area (Å²) in [6.07, 6.45) is 3.38. The molecule has 0 aromatic carbocycles. The third kappa shape index (κ3) is 4.39. The molecule has 1 atom stereocenters. The summed E-state index contributed by atoms with van der Waals surface area (Å²) in [5.74, 6) is 0.904. The fourth-order valence-corrected chi connectivity index (χ4v) is 1.79. The lowest BCUT2D eigenvalue weighted by Crippen LogP contribution is -2.39. The average Bonchev–Trinajstić information content (AvgIpc) is 2.70. The number of ether oxygens (including phenoxy) is 1. The van der Waals surface area contributed by atoms with Gasteiger partial charge in [0.05, 0.1) is 12.1 Å². The first-order valence-corrected chi connectivity index (χ1v) is 6.36. The molecule has 2 N–H and O–H groups in total. The number of nitrogens with zero attached hydrogens (tertiary/aromatic N) is 1. The molecule has 1 aliphatic rings. The van der Waals surface area contributed by atoms with Gasteiger partial charge in [0.25, 0.3) is 0 Å². The maximum atomic E-state index is 5.71. The molecule has 0 aliphatic carbocycles. The molecule has 1 heterocycles. The molecular weight excluding hydrogens is 202 g/mol. The van der Waals surface area contributed by atoms with Gasteiger partial charge in [-0.05, 0) is 33.1 Å². The first-order chi connectivity index (χ1) is 7.70. The van der Waals surface area contributed by atoms with Crippen LogP contribution >= 0.6 is 0 Å². The van der Waals surface area contributed by atoms with E-state index in [0.29, 0.717) is 0 Å². The van der Waals surface area contributed by atoms with Crippen molar-refractivity contribution in [3.05, 3.63) is 0 Å². The fourth-order valence-electron chi connectivity index (χ4n) is 1.79. The lowest BCUT2D eigenvalue weighted by molar-refractivity contribution is 0.0283. The molecule has 0 radical (unpaired) electrons. The highest BCUT2D eigenvalue weighted by molar-refractivity contribution is 5.79. The summed E-state index contributed by atoms with van der Waals surface area (Å²) in [6, 6.07) is 0. The highest BCUT2D eigenvalue weighted by atomic mass is 16.5. The van der Waals surface area contributed by atoms with E-state index in [2.05, 4.69) is 36.4 Å². The summed E-state index contributed by atoms with van der Waals surface area (Å²) >= 11 is 0. The molecule has 0 saturated carbocycles. The second-order valence-electron chi connectivity index (χ2n) is 4.52. The molecule has 1 saturated heterocycles. The van der Waals surface area contributed by atoms with Crippen molar-refractivity contribution in [3.63, 3.8) is 0 Å². The Morgan fingerprint density at radius 1 is 1.38 bits per heavy atom. The summed E-state index contributed by atoms with van der Waals surface area (Å²) < 4.78 is 5.71. The number of aliphatic imine (C=N–C) groups is 1. The zero-order valence-corrected chi connectivity index (χ0v) is 10.8. The zero-order chi connectivity index (χ0) is 11.9. The van der Waals surface area contributed by atoms with E-state index < -0.39 is 0 Å². The van der Waals surface area contributed by atoms with Crippen molar-refractivity contribution < 1.29 is 4.74 Å². The Balaban J connectivity index is 2.42. The Bertz CT molecular complexity index is 222. The number of nitrogens with one attached hydrogen (secondary N) is 2. The van der Waals surface area contributed by atoms with Crippen LogP contribution in [0.15, 0.2) is 4.99 Å². The van der Waals surface area contributed by atoms with E-state index >= 15 is 0 Å². The Labute approximate surface area is 98.9 Å². The van der Waals surface area contributed by atoms with E-state index in [-0.39, 0.29) is 5.60 Å². The van der Waals surface area contributed by atoms with Crippen LogP contribution in [0.1, 0.15) is 40.0 Å². The third-order valence-electron chi connectivity index (χ3n) is 2.76. The largest absolute Gasteiger partial charge is 0.373 e. The molecule has 1 fully saturated rings. The molecule has 4 heteroatoms. The standard InChI is InChI=1S/C12H25N3O/c1-4-8-14-11(13-5-2)15-10-12(3)7-6-9-16-12/h4-10H2,1-3H3,(H2,13,14,15). The van der Waals surface area contributed by atoms with Crippen LogP contribution in [-0.2, 0) is 4.74 Å². The minimum Gasteiger partial charge on any atom is -0.373 e. The molecule has 1 aliphatic heterocycles. The molecule has 0 bridgehead atoms. The number of hydrogen-bond donors (Lipinski definition) is 2. The van der Waals surface area contributed by atoms with E-state index in [4.69, 9.17) is 4.74 Å². The van der Waals surface area contributed by atoms with Crippen molar-refractivity contribution in [2.24, 2.45) is 4.99 Å². The molecule has 4 nitrogen and oxygen atoms in total. The normalized spacial score (nSPS) is 25.8. The SMILES string of the molecule is CCCNC(=NCC1(C)CCCO1)NCC. The van der Waals surface area contributed by atoms with Crippen molar-refractivity contribution in [1.82, 2.24) is 10.6 Å². The number of guanidine groups is 1. The minimum atomic E-state index is -0.0471. The van der Waals surface area contributed by atoms with Gasteiger partial charge in [0, 0.05) is 19.7 Å². The smallest absolute Gasteiger partial charge is 0.191 e. The molecule has 0 aromatic rings. The fraction of sp³-hybridized carbons (Fsp3) is 0.917. The van der Waals surface area contributed by atoms with Gasteiger partial charge in [0.15, 0.2) is 5.96 Å². The van der Waals surface area contributed by atoms with Crippen LogP contribution in [-0.4, -0.2) is 37.8 Å². The topological polar surface area (TPSA) is 45.7 Å². The Morgan fingerprint density at radius 2 is 2.19 bits per heavy atom. The highest BCUT2D eigenvalue weighted by Gasteiger charge is 2.29. The molecule has 0 aromatic heterocycles. The number of hydrogen-bond acceptors (Lipinski definition) is 2. The van der Waals surface area contributed by atoms with E-state index in [1.807, 2.05) is 0 Å². The average molecular weight is 227 g/mol. The quantitative estimate of drug-likeness (QED) is 0.553. The Morgan fingerprint density at radius 3 is 2.75 bits per heavy atom. The Kier molecular flexibility index (Phi) is 5.60. The lowest BCUT2D eigenvalue weighted by atomic mass is 10.0. The van der Waals surface area contributed by atoms with Crippen molar-refractivity contribution in [2.75, 3.05) is 26.2 Å². The van der Waals surface area contributed by atoms with Crippen LogP contribution in [0.2, 0.25) is 0 Å². The van der Waals surface area contributed by atoms with Gasteiger partial charge in [0.2, 0.25) is 0 Å². The van der Waals surface area contributed by atoms with E-state index in [0.717, 1.165) is 51.5 Å². The predicted molar refractivity (Wildman–Crippen MR) is 67.9 cm³/mol. The minimum absolute atomic E-state index is 0.0471. The zero-order valence-electron chi connectivity index (χ0n) is 10.8. The van der Waals surface area contributed by atoms with E-state index in [1.54, 1.807) is 0 Å². The van der Waals surface area contributed by atoms with Gasteiger partial charge in [-0.1, -0.05) is 6.92 Å². The lowest BCUT2D eigenvalue weighted by Gasteiger charge is -2.21. The molecule has 0 amide bonds. The van der Waals surface area contributed by atoms with Crippen molar-refractivity contribution in [1.29, 1.82) is 0 Å². The molecule has 1 rings (SSSR count). The summed E-state index contributed by atoms with van der Waals surface area (Å²) in [5.41, 5.74) is -0.0471. The van der Waals surface area contributed by atoms with Crippen LogP contribution in [0.4, 0.5) is 0 Å². The summed E-state index contributed by atoms with van der Waals surface area (Å²) in [6.45, 7) is 9.86. The van der Waals surface area contributed by atoms with Gasteiger partial charge in [-0.3, -0.25) is 4.99 Å². The summed E-state index contributed by atoms with van der Waals surface area (Å²) in [5, 5.41) is 6.54. The molecule has 0 spiro atoms. The summed E-state index contributed by atoms with van der Waals surface area (Å²) in [4.78, 5) is 4.57. The molecule has 1 unspecified atom stereocenters. The third-order valence-corrected chi connectivity index (χ3v) is 2.76. The molecular formula is C12H25N3O. The van der Waals surface area contributed by atoms with Crippen LogP contribution < -0.4 is 10.6 Å². The maximum Gasteiger partial charge on any atom is 0.191 e. The predicted octanol–water partition coefficient (Wildman–Crippen LogP) is 1.52.